The summed E-state index contributed by atoms with van der Waals surface area (Å²) in [4.78, 5) is 4.30. The maximum Gasteiger partial charge on any atom is 0.117 e. The molecule has 1 N–H and O–H groups in total. The number of hydrogen-bond donors (Lipinski definition) is 1. The highest BCUT2D eigenvalue weighted by Crippen LogP contribution is 2.26. The SMILES string of the molecule is COC1=CC(C)C2N=CNC2=C1. The van der Waals surface area contributed by atoms with Crippen LogP contribution in [-0.4, -0.2) is 19.5 Å². The van der Waals surface area contributed by atoms with Crippen molar-refractivity contribution in [1.82, 2.24) is 5.32 Å². The minimum absolute atomic E-state index is 0.281. The number of ether oxygens (including phenoxy) is 1. The molecule has 3 heteroatoms. The highest BCUT2D eigenvalue weighted by atomic mass is 16.5. The molecule has 0 radical (unpaired) electrons. The summed E-state index contributed by atoms with van der Waals surface area (Å²) >= 11 is 0. The lowest BCUT2D eigenvalue weighted by atomic mass is 9.94. The van der Waals surface area contributed by atoms with Gasteiger partial charge in [-0.05, 0) is 6.08 Å². The van der Waals surface area contributed by atoms with Gasteiger partial charge in [0.25, 0.3) is 0 Å². The Morgan fingerprint density at radius 2 is 2.42 bits per heavy atom. The minimum atomic E-state index is 0.281. The zero-order valence-corrected chi connectivity index (χ0v) is 7.24. The molecule has 1 aliphatic carbocycles. The first-order valence-electron chi connectivity index (χ1n) is 4.07. The Hall–Kier alpha value is -1.25. The summed E-state index contributed by atoms with van der Waals surface area (Å²) in [6.45, 7) is 2.14. The number of rotatable bonds is 1. The second-order valence-corrected chi connectivity index (χ2v) is 3.10. The van der Waals surface area contributed by atoms with E-state index in [9.17, 15) is 0 Å². The maximum absolute atomic E-state index is 5.16. The summed E-state index contributed by atoms with van der Waals surface area (Å²) < 4.78 is 5.16. The number of nitrogens with one attached hydrogen (secondary N) is 1. The van der Waals surface area contributed by atoms with Crippen LogP contribution in [0.1, 0.15) is 6.92 Å². The van der Waals surface area contributed by atoms with Crippen molar-refractivity contribution in [2.45, 2.75) is 13.0 Å². The van der Waals surface area contributed by atoms with E-state index in [4.69, 9.17) is 4.74 Å². The van der Waals surface area contributed by atoms with Crippen molar-refractivity contribution in [2.24, 2.45) is 10.9 Å². The second kappa shape index (κ2) is 2.66. The van der Waals surface area contributed by atoms with Gasteiger partial charge in [0, 0.05) is 17.7 Å². The molecule has 0 spiro atoms. The third kappa shape index (κ3) is 1.02. The molecular formula is C9H12N2O. The average Bonchev–Trinajstić information content (AvgIpc) is 2.52. The van der Waals surface area contributed by atoms with E-state index in [0.29, 0.717) is 5.92 Å². The number of hydrogen-bond acceptors (Lipinski definition) is 3. The van der Waals surface area contributed by atoms with Crippen LogP contribution in [0.25, 0.3) is 0 Å². The lowest BCUT2D eigenvalue weighted by Crippen LogP contribution is -2.22. The molecule has 1 aliphatic heterocycles. The number of fused-ring (bicyclic) bond motifs is 1. The molecule has 0 bridgehead atoms. The minimum Gasteiger partial charge on any atom is -0.497 e. The predicted molar refractivity (Wildman–Crippen MR) is 47.8 cm³/mol. The van der Waals surface area contributed by atoms with Gasteiger partial charge in [0.1, 0.15) is 5.76 Å². The standard InChI is InChI=1S/C9H12N2O/c1-6-3-7(12-2)4-8-9(6)11-5-10-8/h3-6,9H,1-2H3,(H,10,11). The van der Waals surface area contributed by atoms with Gasteiger partial charge in [-0.25, -0.2) is 0 Å². The van der Waals surface area contributed by atoms with Crippen LogP contribution in [0, 0.1) is 5.92 Å². The van der Waals surface area contributed by atoms with E-state index in [-0.39, 0.29) is 6.04 Å². The molecule has 2 unspecified atom stereocenters. The summed E-state index contributed by atoms with van der Waals surface area (Å²) in [6, 6.07) is 0.281. The van der Waals surface area contributed by atoms with Crippen molar-refractivity contribution in [2.75, 3.05) is 7.11 Å². The van der Waals surface area contributed by atoms with Gasteiger partial charge in [-0.1, -0.05) is 6.92 Å². The molecule has 0 fully saturated rings. The molecule has 0 saturated carbocycles. The lowest BCUT2D eigenvalue weighted by molar-refractivity contribution is 0.297. The molecule has 64 valence electrons. The molecule has 2 atom stereocenters. The van der Waals surface area contributed by atoms with Crippen molar-refractivity contribution < 1.29 is 4.74 Å². The van der Waals surface area contributed by atoms with Crippen LogP contribution in [0.3, 0.4) is 0 Å². The first-order valence-corrected chi connectivity index (χ1v) is 4.07. The molecule has 2 rings (SSSR count). The van der Waals surface area contributed by atoms with Gasteiger partial charge in [-0.2, -0.15) is 0 Å². The van der Waals surface area contributed by atoms with Crippen LogP contribution in [0.15, 0.2) is 28.6 Å². The van der Waals surface area contributed by atoms with Crippen LogP contribution < -0.4 is 5.32 Å². The largest absolute Gasteiger partial charge is 0.497 e. The fraction of sp³-hybridized carbons (Fsp3) is 0.444. The average molecular weight is 164 g/mol. The second-order valence-electron chi connectivity index (χ2n) is 3.10. The molecule has 3 nitrogen and oxygen atoms in total. The van der Waals surface area contributed by atoms with Crippen LogP contribution in [0.4, 0.5) is 0 Å². The smallest absolute Gasteiger partial charge is 0.117 e. The van der Waals surface area contributed by atoms with Crippen molar-refractivity contribution >= 4 is 6.34 Å². The molecule has 0 aromatic heterocycles. The number of allylic oxidation sites excluding steroid dienone is 1. The van der Waals surface area contributed by atoms with Gasteiger partial charge in [0.05, 0.1) is 19.5 Å². The number of methoxy groups -OCH3 is 1. The van der Waals surface area contributed by atoms with Crippen LogP contribution in [0.5, 0.6) is 0 Å². The van der Waals surface area contributed by atoms with E-state index in [2.05, 4.69) is 23.3 Å². The van der Waals surface area contributed by atoms with Crippen molar-refractivity contribution in [1.29, 1.82) is 0 Å². The molecular weight excluding hydrogens is 152 g/mol. The van der Waals surface area contributed by atoms with Gasteiger partial charge >= 0.3 is 0 Å². The maximum atomic E-state index is 5.16. The van der Waals surface area contributed by atoms with E-state index in [0.717, 1.165) is 11.5 Å². The number of nitrogens with zero attached hydrogens (tertiary/aromatic N) is 1. The molecule has 0 aromatic carbocycles. The van der Waals surface area contributed by atoms with Gasteiger partial charge in [-0.15, -0.1) is 0 Å². The zero-order chi connectivity index (χ0) is 8.55. The quantitative estimate of drug-likeness (QED) is 0.628. The van der Waals surface area contributed by atoms with Crippen LogP contribution in [0.2, 0.25) is 0 Å². The van der Waals surface area contributed by atoms with E-state index < -0.39 is 0 Å². The van der Waals surface area contributed by atoms with E-state index in [1.165, 1.54) is 0 Å². The molecule has 0 amide bonds. The first-order chi connectivity index (χ1) is 5.81. The van der Waals surface area contributed by atoms with E-state index in [1.807, 2.05) is 6.08 Å². The molecule has 2 aliphatic rings. The third-order valence-corrected chi connectivity index (χ3v) is 2.24. The van der Waals surface area contributed by atoms with E-state index in [1.54, 1.807) is 13.4 Å². The van der Waals surface area contributed by atoms with Gasteiger partial charge in [0.15, 0.2) is 0 Å². The molecule has 0 aromatic rings. The van der Waals surface area contributed by atoms with Gasteiger partial charge in [0.2, 0.25) is 0 Å². The topological polar surface area (TPSA) is 33.6 Å². The molecule has 0 saturated heterocycles. The van der Waals surface area contributed by atoms with Crippen molar-refractivity contribution in [3.8, 4) is 0 Å². The monoisotopic (exact) mass is 164 g/mol. The first kappa shape index (κ1) is 7.40. The zero-order valence-electron chi connectivity index (χ0n) is 7.24. The van der Waals surface area contributed by atoms with Crippen molar-refractivity contribution in [3.63, 3.8) is 0 Å². The molecule has 12 heavy (non-hydrogen) atoms. The van der Waals surface area contributed by atoms with Crippen LogP contribution in [-0.2, 0) is 4.74 Å². The fourth-order valence-corrected chi connectivity index (χ4v) is 1.58. The Labute approximate surface area is 71.8 Å². The lowest BCUT2D eigenvalue weighted by Gasteiger charge is -2.20. The Balaban J connectivity index is 2.28. The summed E-state index contributed by atoms with van der Waals surface area (Å²) in [5.74, 6) is 1.35. The Morgan fingerprint density at radius 3 is 3.17 bits per heavy atom. The van der Waals surface area contributed by atoms with Gasteiger partial charge < -0.3 is 10.1 Å². The Kier molecular flexibility index (Phi) is 1.64. The molecule has 1 heterocycles. The summed E-state index contributed by atoms with van der Waals surface area (Å²) in [5.41, 5.74) is 1.14. The summed E-state index contributed by atoms with van der Waals surface area (Å²) in [7, 11) is 1.69. The van der Waals surface area contributed by atoms with E-state index >= 15 is 0 Å². The summed E-state index contributed by atoms with van der Waals surface area (Å²) in [5, 5.41) is 3.10. The van der Waals surface area contributed by atoms with Crippen molar-refractivity contribution in [3.05, 3.63) is 23.6 Å². The number of aliphatic imine (C=N–C) groups is 1. The van der Waals surface area contributed by atoms with Crippen LogP contribution >= 0.6 is 0 Å². The highest BCUT2D eigenvalue weighted by Gasteiger charge is 2.26. The Bertz CT molecular complexity index is 278. The third-order valence-electron chi connectivity index (χ3n) is 2.24. The summed E-state index contributed by atoms with van der Waals surface area (Å²) in [6.07, 6.45) is 5.84. The predicted octanol–water partition coefficient (Wildman–Crippen LogP) is 1.05. The highest BCUT2D eigenvalue weighted by molar-refractivity contribution is 5.64. The fourth-order valence-electron chi connectivity index (χ4n) is 1.58. The Morgan fingerprint density at radius 1 is 1.58 bits per heavy atom. The normalized spacial score (nSPS) is 31.8. The van der Waals surface area contributed by atoms with Gasteiger partial charge in [-0.3, -0.25) is 4.99 Å².